The van der Waals surface area contributed by atoms with Crippen LogP contribution in [0, 0.1) is 0 Å². The van der Waals surface area contributed by atoms with Crippen LogP contribution in [0.2, 0.25) is 5.02 Å². The first-order valence-electron chi connectivity index (χ1n) is 5.62. The minimum atomic E-state index is -0.260. The molecule has 0 aliphatic heterocycles. The number of aryl methyl sites for hydroxylation is 1. The van der Waals surface area contributed by atoms with Gasteiger partial charge in [-0.1, -0.05) is 18.2 Å². The highest BCUT2D eigenvalue weighted by atomic mass is 35.5. The number of hydrogen-bond donors (Lipinski definition) is 2. The lowest BCUT2D eigenvalue weighted by molar-refractivity contribution is -0.116. The third kappa shape index (κ3) is 3.92. The molecule has 0 bridgehead atoms. The second-order valence-corrected chi connectivity index (χ2v) is 4.02. The monoisotopic (exact) mass is 269 g/mol. The second-order valence-electron chi connectivity index (χ2n) is 3.58. The molecule has 2 N–H and O–H groups in total. The van der Waals surface area contributed by atoms with E-state index in [9.17, 15) is 9.59 Å². The van der Waals surface area contributed by atoms with Gasteiger partial charge in [0.05, 0.1) is 5.02 Å². The lowest BCUT2D eigenvalue weighted by Gasteiger charge is -2.07. The molecule has 0 saturated carbocycles. The van der Waals surface area contributed by atoms with Crippen LogP contribution in [0.15, 0.2) is 24.9 Å². The Bertz CT molecular complexity index is 454. The molecular formula is C12H16ClN3O2. The lowest BCUT2D eigenvalue weighted by Crippen LogP contribution is -2.34. The highest BCUT2D eigenvalue weighted by Crippen LogP contribution is 2.13. The molecule has 2 amide bonds. The predicted octanol–water partition coefficient (Wildman–Crippen LogP) is 1.19. The zero-order valence-corrected chi connectivity index (χ0v) is 11.0. The number of carbonyl (C=O) groups is 2. The Kier molecular flexibility index (Phi) is 5.45. The van der Waals surface area contributed by atoms with Crippen LogP contribution in [-0.2, 0) is 11.3 Å². The summed E-state index contributed by atoms with van der Waals surface area (Å²) in [6.07, 6.45) is 2.89. The number of hydrogen-bond acceptors (Lipinski definition) is 2. The molecule has 0 saturated heterocycles. The Morgan fingerprint density at radius 1 is 1.44 bits per heavy atom. The summed E-state index contributed by atoms with van der Waals surface area (Å²) in [5, 5.41) is 5.80. The molecule has 0 fully saturated rings. The fourth-order valence-electron chi connectivity index (χ4n) is 1.45. The van der Waals surface area contributed by atoms with E-state index >= 15 is 0 Å². The highest BCUT2D eigenvalue weighted by Gasteiger charge is 2.11. The van der Waals surface area contributed by atoms with Gasteiger partial charge in [-0.2, -0.15) is 0 Å². The Labute approximate surface area is 111 Å². The van der Waals surface area contributed by atoms with Gasteiger partial charge in [-0.05, 0) is 19.1 Å². The Balaban J connectivity index is 2.45. The van der Waals surface area contributed by atoms with E-state index in [0.29, 0.717) is 30.4 Å². The van der Waals surface area contributed by atoms with Crippen LogP contribution < -0.4 is 10.6 Å². The van der Waals surface area contributed by atoms with Gasteiger partial charge >= 0.3 is 0 Å². The molecule has 5 nitrogen and oxygen atoms in total. The molecule has 18 heavy (non-hydrogen) atoms. The van der Waals surface area contributed by atoms with Gasteiger partial charge < -0.3 is 15.2 Å². The van der Waals surface area contributed by atoms with Gasteiger partial charge in [0.1, 0.15) is 5.69 Å². The van der Waals surface area contributed by atoms with E-state index in [1.165, 1.54) is 6.08 Å². The summed E-state index contributed by atoms with van der Waals surface area (Å²) in [4.78, 5) is 22.7. The summed E-state index contributed by atoms with van der Waals surface area (Å²) in [6, 6.07) is 1.61. The van der Waals surface area contributed by atoms with E-state index in [-0.39, 0.29) is 11.8 Å². The number of nitrogens with zero attached hydrogens (tertiary/aromatic N) is 1. The van der Waals surface area contributed by atoms with Crippen molar-refractivity contribution in [3.8, 4) is 0 Å². The highest BCUT2D eigenvalue weighted by molar-refractivity contribution is 6.31. The third-order valence-electron chi connectivity index (χ3n) is 2.33. The molecule has 1 aromatic rings. The van der Waals surface area contributed by atoms with Crippen LogP contribution in [-0.4, -0.2) is 29.5 Å². The summed E-state index contributed by atoms with van der Waals surface area (Å²) < 4.78 is 1.76. The normalized spacial score (nSPS) is 9.89. The molecule has 0 aromatic carbocycles. The predicted molar refractivity (Wildman–Crippen MR) is 70.7 cm³/mol. The van der Waals surface area contributed by atoms with E-state index in [1.807, 2.05) is 6.92 Å². The smallest absolute Gasteiger partial charge is 0.268 e. The summed E-state index contributed by atoms with van der Waals surface area (Å²) in [5.41, 5.74) is 0.512. The number of nitrogens with one attached hydrogen (secondary N) is 2. The molecule has 0 atom stereocenters. The number of rotatable bonds is 6. The molecular weight excluding hydrogens is 254 g/mol. The van der Waals surface area contributed by atoms with Gasteiger partial charge in [-0.25, -0.2) is 0 Å². The van der Waals surface area contributed by atoms with Gasteiger partial charge in [-0.15, -0.1) is 0 Å². The third-order valence-corrected chi connectivity index (χ3v) is 2.54. The fourth-order valence-corrected chi connectivity index (χ4v) is 1.67. The van der Waals surface area contributed by atoms with Crippen molar-refractivity contribution >= 4 is 23.4 Å². The maximum absolute atomic E-state index is 11.8. The summed E-state index contributed by atoms with van der Waals surface area (Å²) in [5.74, 6) is -0.471. The molecule has 0 spiro atoms. The molecule has 0 aliphatic rings. The van der Waals surface area contributed by atoms with E-state index in [2.05, 4.69) is 17.2 Å². The topological polar surface area (TPSA) is 63.1 Å². The van der Waals surface area contributed by atoms with Crippen LogP contribution in [0.3, 0.4) is 0 Å². The summed E-state index contributed by atoms with van der Waals surface area (Å²) in [7, 11) is 0. The molecule has 1 rings (SSSR count). The van der Waals surface area contributed by atoms with Crippen LogP contribution in [0.25, 0.3) is 0 Å². The summed E-state index contributed by atoms with van der Waals surface area (Å²) in [6.45, 7) is 6.64. The largest absolute Gasteiger partial charge is 0.351 e. The van der Waals surface area contributed by atoms with E-state index in [4.69, 9.17) is 11.6 Å². The molecule has 0 aliphatic carbocycles. The standard InChI is InChI=1S/C12H16ClN3O2/c1-3-11(17)14-5-6-15-12(18)10-7-9(13)8-16(10)4-2/h3,7-8H,1,4-6H2,2H3,(H,14,17)(H,15,18). The van der Waals surface area contributed by atoms with E-state index < -0.39 is 0 Å². The van der Waals surface area contributed by atoms with Crippen molar-refractivity contribution in [2.45, 2.75) is 13.5 Å². The molecule has 1 heterocycles. The van der Waals surface area contributed by atoms with Crippen molar-refractivity contribution in [3.63, 3.8) is 0 Å². The zero-order chi connectivity index (χ0) is 13.5. The minimum absolute atomic E-state index is 0.211. The minimum Gasteiger partial charge on any atom is -0.351 e. The van der Waals surface area contributed by atoms with Gasteiger partial charge in [0.15, 0.2) is 0 Å². The van der Waals surface area contributed by atoms with Gasteiger partial charge in [0, 0.05) is 25.8 Å². The van der Waals surface area contributed by atoms with Crippen LogP contribution in [0.5, 0.6) is 0 Å². The van der Waals surface area contributed by atoms with Crippen molar-refractivity contribution < 1.29 is 9.59 Å². The van der Waals surface area contributed by atoms with Crippen molar-refractivity contribution in [1.29, 1.82) is 0 Å². The SMILES string of the molecule is C=CC(=O)NCCNC(=O)c1cc(Cl)cn1CC. The first-order chi connectivity index (χ1) is 8.58. The van der Waals surface area contributed by atoms with Gasteiger partial charge in [0.2, 0.25) is 5.91 Å². The van der Waals surface area contributed by atoms with Crippen molar-refractivity contribution in [3.05, 3.63) is 35.6 Å². The molecule has 1 aromatic heterocycles. The maximum Gasteiger partial charge on any atom is 0.268 e. The number of aromatic nitrogens is 1. The van der Waals surface area contributed by atoms with Gasteiger partial charge in [0.25, 0.3) is 5.91 Å². The second kappa shape index (κ2) is 6.86. The maximum atomic E-state index is 11.8. The average molecular weight is 270 g/mol. The molecule has 6 heteroatoms. The van der Waals surface area contributed by atoms with Crippen molar-refractivity contribution in [2.24, 2.45) is 0 Å². The molecule has 98 valence electrons. The van der Waals surface area contributed by atoms with Gasteiger partial charge in [-0.3, -0.25) is 9.59 Å². The first-order valence-corrected chi connectivity index (χ1v) is 6.00. The number of amides is 2. The van der Waals surface area contributed by atoms with E-state index in [0.717, 1.165) is 0 Å². The fraction of sp³-hybridized carbons (Fsp3) is 0.333. The Hall–Kier alpha value is -1.75. The van der Waals surface area contributed by atoms with Crippen molar-refractivity contribution in [2.75, 3.05) is 13.1 Å². The zero-order valence-electron chi connectivity index (χ0n) is 10.2. The number of halogens is 1. The van der Waals surface area contributed by atoms with E-state index in [1.54, 1.807) is 16.8 Å². The average Bonchev–Trinajstić information content (AvgIpc) is 2.75. The first kappa shape index (κ1) is 14.3. The lowest BCUT2D eigenvalue weighted by atomic mass is 10.4. The summed E-state index contributed by atoms with van der Waals surface area (Å²) >= 11 is 5.84. The Morgan fingerprint density at radius 3 is 2.72 bits per heavy atom. The Morgan fingerprint density at radius 2 is 2.11 bits per heavy atom. The van der Waals surface area contributed by atoms with Crippen molar-refractivity contribution in [1.82, 2.24) is 15.2 Å². The van der Waals surface area contributed by atoms with Crippen LogP contribution in [0.4, 0.5) is 0 Å². The molecule has 0 radical (unpaired) electrons. The number of carbonyl (C=O) groups excluding carboxylic acids is 2. The van der Waals surface area contributed by atoms with Crippen LogP contribution >= 0.6 is 11.6 Å². The molecule has 0 unspecified atom stereocenters. The van der Waals surface area contributed by atoms with Crippen LogP contribution in [0.1, 0.15) is 17.4 Å². The quantitative estimate of drug-likeness (QED) is 0.602.